The molecule has 2 amide bonds. The maximum absolute atomic E-state index is 13.1. The van der Waals surface area contributed by atoms with E-state index in [1.54, 1.807) is 29.1 Å². The summed E-state index contributed by atoms with van der Waals surface area (Å²) in [6.45, 7) is 9.25. The Morgan fingerprint density at radius 2 is 1.86 bits per heavy atom. The van der Waals surface area contributed by atoms with Crippen LogP contribution in [0.4, 0.5) is 16.2 Å². The summed E-state index contributed by atoms with van der Waals surface area (Å²) in [5.74, 6) is -0.0717. The van der Waals surface area contributed by atoms with Gasteiger partial charge in [-0.05, 0) is 44.5 Å². The number of hydrogen-bond acceptors (Lipinski definition) is 5. The summed E-state index contributed by atoms with van der Waals surface area (Å²) in [5, 5.41) is 0. The quantitative estimate of drug-likeness (QED) is 0.776. The van der Waals surface area contributed by atoms with E-state index in [1.807, 2.05) is 44.2 Å². The Bertz CT molecular complexity index is 863. The molecule has 0 atom stereocenters. The first kappa shape index (κ1) is 20.6. The number of aryl methyl sites for hydroxylation is 1. The predicted octanol–water partition coefficient (Wildman–Crippen LogP) is 3.34. The Balaban J connectivity index is 1.72. The molecule has 1 aromatic carbocycles. The van der Waals surface area contributed by atoms with Gasteiger partial charge in [-0.2, -0.15) is 0 Å². The molecule has 2 heterocycles. The second-order valence-corrected chi connectivity index (χ2v) is 6.99. The highest BCUT2D eigenvalue weighted by molar-refractivity contribution is 6.06. The van der Waals surface area contributed by atoms with E-state index in [1.165, 1.54) is 0 Å². The topological polar surface area (TPSA) is 66.0 Å². The summed E-state index contributed by atoms with van der Waals surface area (Å²) in [7, 11) is 0. The number of aromatic nitrogens is 1. The van der Waals surface area contributed by atoms with Crippen molar-refractivity contribution in [1.29, 1.82) is 0 Å². The lowest BCUT2D eigenvalue weighted by molar-refractivity contribution is 0.0987. The van der Waals surface area contributed by atoms with Gasteiger partial charge in [0, 0.05) is 44.6 Å². The monoisotopic (exact) mass is 396 g/mol. The maximum atomic E-state index is 13.1. The Kier molecular flexibility index (Phi) is 6.69. The number of amides is 2. The standard InChI is InChI=1S/C22H28N4O3/c1-4-26(19-8-6-7-17(3)13-19)21(27)18-14-20(16-23-15-18)24-9-11-25(12-10-24)22(28)29-5-2/h6-8,13-16H,4-5,9-12H2,1-3H3. The van der Waals surface area contributed by atoms with Crippen molar-refractivity contribution >= 4 is 23.4 Å². The lowest BCUT2D eigenvalue weighted by Crippen LogP contribution is -2.49. The molecule has 154 valence electrons. The van der Waals surface area contributed by atoms with Crippen molar-refractivity contribution in [2.45, 2.75) is 20.8 Å². The van der Waals surface area contributed by atoms with Gasteiger partial charge in [-0.1, -0.05) is 12.1 Å². The number of benzene rings is 1. The molecule has 0 N–H and O–H groups in total. The van der Waals surface area contributed by atoms with Crippen molar-refractivity contribution < 1.29 is 14.3 Å². The molecule has 7 nitrogen and oxygen atoms in total. The van der Waals surface area contributed by atoms with Crippen LogP contribution < -0.4 is 9.80 Å². The van der Waals surface area contributed by atoms with Crippen LogP contribution in [0.5, 0.6) is 0 Å². The molecule has 29 heavy (non-hydrogen) atoms. The summed E-state index contributed by atoms with van der Waals surface area (Å²) >= 11 is 0. The summed E-state index contributed by atoms with van der Waals surface area (Å²) in [6, 6.07) is 9.81. The van der Waals surface area contributed by atoms with E-state index in [9.17, 15) is 9.59 Å². The molecule has 3 rings (SSSR count). The molecule has 0 bridgehead atoms. The first-order valence-corrected chi connectivity index (χ1v) is 10.0. The van der Waals surface area contributed by atoms with Gasteiger partial charge in [-0.3, -0.25) is 9.78 Å². The molecule has 0 saturated carbocycles. The number of rotatable bonds is 5. The van der Waals surface area contributed by atoms with Crippen molar-refractivity contribution in [2.24, 2.45) is 0 Å². The Morgan fingerprint density at radius 3 is 2.52 bits per heavy atom. The van der Waals surface area contributed by atoms with Crippen LogP contribution in [-0.4, -0.2) is 61.2 Å². The Labute approximate surface area is 171 Å². The molecule has 1 aliphatic rings. The van der Waals surface area contributed by atoms with Crippen LogP contribution in [0.25, 0.3) is 0 Å². The van der Waals surface area contributed by atoms with Crippen LogP contribution in [-0.2, 0) is 4.74 Å². The molecular formula is C22H28N4O3. The number of carbonyl (C=O) groups excluding carboxylic acids is 2. The molecule has 2 aromatic rings. The predicted molar refractivity (Wildman–Crippen MR) is 114 cm³/mol. The van der Waals surface area contributed by atoms with E-state index >= 15 is 0 Å². The fourth-order valence-electron chi connectivity index (χ4n) is 3.47. The summed E-state index contributed by atoms with van der Waals surface area (Å²) < 4.78 is 5.07. The minimum absolute atomic E-state index is 0.0717. The third-order valence-corrected chi connectivity index (χ3v) is 5.02. The van der Waals surface area contributed by atoms with E-state index in [0.717, 1.165) is 16.9 Å². The van der Waals surface area contributed by atoms with Crippen molar-refractivity contribution in [3.8, 4) is 0 Å². The minimum atomic E-state index is -0.272. The number of nitrogens with zero attached hydrogens (tertiary/aromatic N) is 4. The summed E-state index contributed by atoms with van der Waals surface area (Å²) in [5.41, 5.74) is 3.43. The van der Waals surface area contributed by atoms with E-state index in [4.69, 9.17) is 4.74 Å². The second-order valence-electron chi connectivity index (χ2n) is 6.99. The Morgan fingerprint density at radius 1 is 1.10 bits per heavy atom. The summed E-state index contributed by atoms with van der Waals surface area (Å²) in [4.78, 5) is 34.9. The van der Waals surface area contributed by atoms with Crippen LogP contribution in [0.1, 0.15) is 29.8 Å². The molecule has 0 unspecified atom stereocenters. The largest absolute Gasteiger partial charge is 0.450 e. The first-order chi connectivity index (χ1) is 14.0. The van der Waals surface area contributed by atoms with Crippen molar-refractivity contribution in [1.82, 2.24) is 9.88 Å². The average molecular weight is 396 g/mol. The summed E-state index contributed by atoms with van der Waals surface area (Å²) in [6.07, 6.45) is 3.10. The molecule has 1 aromatic heterocycles. The molecule has 0 spiro atoms. The van der Waals surface area contributed by atoms with E-state index in [0.29, 0.717) is 44.9 Å². The van der Waals surface area contributed by atoms with Crippen LogP contribution in [0, 0.1) is 6.92 Å². The zero-order valence-corrected chi connectivity index (χ0v) is 17.3. The lowest BCUT2D eigenvalue weighted by Gasteiger charge is -2.35. The van der Waals surface area contributed by atoms with E-state index in [-0.39, 0.29) is 12.0 Å². The van der Waals surface area contributed by atoms with Crippen molar-refractivity contribution in [2.75, 3.05) is 49.1 Å². The number of ether oxygens (including phenoxy) is 1. The molecular weight excluding hydrogens is 368 g/mol. The van der Waals surface area contributed by atoms with Crippen LogP contribution in [0.3, 0.4) is 0 Å². The lowest BCUT2D eigenvalue weighted by atomic mass is 10.1. The van der Waals surface area contributed by atoms with Gasteiger partial charge < -0.3 is 19.4 Å². The molecule has 1 fully saturated rings. The van der Waals surface area contributed by atoms with E-state index < -0.39 is 0 Å². The fraction of sp³-hybridized carbons (Fsp3) is 0.409. The SMILES string of the molecule is CCOC(=O)N1CCN(c2cncc(C(=O)N(CC)c3cccc(C)c3)c2)CC1. The van der Waals surface area contributed by atoms with E-state index in [2.05, 4.69) is 9.88 Å². The molecule has 7 heteroatoms. The molecule has 1 aliphatic heterocycles. The highest BCUT2D eigenvalue weighted by Gasteiger charge is 2.23. The van der Waals surface area contributed by atoms with Crippen LogP contribution in [0.15, 0.2) is 42.7 Å². The van der Waals surface area contributed by atoms with Gasteiger partial charge in [0.1, 0.15) is 0 Å². The first-order valence-electron chi connectivity index (χ1n) is 10.0. The van der Waals surface area contributed by atoms with Crippen molar-refractivity contribution in [3.63, 3.8) is 0 Å². The highest BCUT2D eigenvalue weighted by Crippen LogP contribution is 2.22. The van der Waals surface area contributed by atoms with Gasteiger partial charge in [-0.25, -0.2) is 4.79 Å². The third-order valence-electron chi connectivity index (χ3n) is 5.02. The smallest absolute Gasteiger partial charge is 0.409 e. The van der Waals surface area contributed by atoms with Gasteiger partial charge in [0.2, 0.25) is 0 Å². The van der Waals surface area contributed by atoms with Crippen LogP contribution in [0.2, 0.25) is 0 Å². The molecule has 0 aliphatic carbocycles. The van der Waals surface area contributed by atoms with Crippen LogP contribution >= 0.6 is 0 Å². The third kappa shape index (κ3) is 4.85. The normalized spacial score (nSPS) is 13.9. The maximum Gasteiger partial charge on any atom is 0.409 e. The van der Waals surface area contributed by atoms with Gasteiger partial charge in [-0.15, -0.1) is 0 Å². The number of hydrogen-bond donors (Lipinski definition) is 0. The number of piperazine rings is 1. The molecule has 0 radical (unpaired) electrons. The highest BCUT2D eigenvalue weighted by atomic mass is 16.6. The number of anilines is 2. The zero-order chi connectivity index (χ0) is 20.8. The molecule has 1 saturated heterocycles. The Hall–Kier alpha value is -3.09. The van der Waals surface area contributed by atoms with Gasteiger partial charge in [0.25, 0.3) is 5.91 Å². The number of carbonyl (C=O) groups is 2. The van der Waals surface area contributed by atoms with Gasteiger partial charge >= 0.3 is 6.09 Å². The number of pyridine rings is 1. The zero-order valence-electron chi connectivity index (χ0n) is 17.3. The average Bonchev–Trinajstić information content (AvgIpc) is 2.75. The second kappa shape index (κ2) is 9.41. The van der Waals surface area contributed by atoms with Gasteiger partial charge in [0.05, 0.1) is 24.1 Å². The minimum Gasteiger partial charge on any atom is -0.450 e. The van der Waals surface area contributed by atoms with Gasteiger partial charge in [0.15, 0.2) is 0 Å². The fourth-order valence-corrected chi connectivity index (χ4v) is 3.47. The van der Waals surface area contributed by atoms with Crippen molar-refractivity contribution in [3.05, 3.63) is 53.9 Å².